The van der Waals surface area contributed by atoms with Crippen LogP contribution in [-0.4, -0.2) is 35.5 Å². The Kier molecular flexibility index (Phi) is 3.87. The molecule has 0 aliphatic carbocycles. The Bertz CT molecular complexity index is 474. The second kappa shape index (κ2) is 5.42. The topological polar surface area (TPSA) is 84.1 Å². The molecule has 1 aliphatic rings. The van der Waals surface area contributed by atoms with Crippen molar-refractivity contribution in [3.8, 4) is 0 Å². The maximum absolute atomic E-state index is 11.5. The summed E-state index contributed by atoms with van der Waals surface area (Å²) in [6.45, 7) is 4.91. The van der Waals surface area contributed by atoms with Crippen LogP contribution in [-0.2, 0) is 4.79 Å². The van der Waals surface area contributed by atoms with E-state index >= 15 is 0 Å². The van der Waals surface area contributed by atoms with Crippen molar-refractivity contribution < 1.29 is 4.79 Å². The van der Waals surface area contributed by atoms with Crippen LogP contribution in [0.25, 0.3) is 0 Å². The first-order chi connectivity index (χ1) is 9.02. The van der Waals surface area contributed by atoms with Crippen molar-refractivity contribution in [2.24, 2.45) is 5.73 Å². The highest BCUT2D eigenvalue weighted by Gasteiger charge is 2.30. The largest absolute Gasteiger partial charge is 0.373 e. The number of carbonyl (C=O) groups excluding carboxylic acids is 1. The fraction of sp³-hybridized carbons (Fsp3) is 0.615. The van der Waals surface area contributed by atoms with Crippen LogP contribution in [0.3, 0.4) is 0 Å². The molecule has 0 spiro atoms. The Labute approximate surface area is 113 Å². The predicted octanol–water partition coefficient (Wildman–Crippen LogP) is 1.10. The number of nitrogens with zero attached hydrogens (tertiary/aromatic N) is 3. The van der Waals surface area contributed by atoms with Gasteiger partial charge in [-0.25, -0.2) is 9.97 Å². The van der Waals surface area contributed by atoms with E-state index in [4.69, 9.17) is 5.73 Å². The first-order valence-corrected chi connectivity index (χ1v) is 6.65. The molecule has 1 atom stereocenters. The minimum atomic E-state index is -0.284. The molecule has 6 heteroatoms. The Morgan fingerprint density at radius 1 is 1.53 bits per heavy atom. The van der Waals surface area contributed by atoms with Crippen molar-refractivity contribution in [2.75, 3.05) is 23.8 Å². The number of amides is 1. The zero-order valence-electron chi connectivity index (χ0n) is 11.7. The van der Waals surface area contributed by atoms with Crippen LogP contribution in [0, 0.1) is 0 Å². The lowest BCUT2D eigenvalue weighted by Gasteiger charge is -2.24. The lowest BCUT2D eigenvalue weighted by atomic mass is 10.2. The number of rotatable bonds is 4. The molecule has 3 N–H and O–H groups in total. The van der Waals surface area contributed by atoms with Gasteiger partial charge in [-0.1, -0.05) is 13.8 Å². The van der Waals surface area contributed by atoms with Crippen LogP contribution in [0.15, 0.2) is 6.07 Å². The minimum absolute atomic E-state index is 0.238. The lowest BCUT2D eigenvalue weighted by Crippen LogP contribution is -2.40. The summed E-state index contributed by atoms with van der Waals surface area (Å²) in [5.41, 5.74) is 5.45. The van der Waals surface area contributed by atoms with Crippen LogP contribution in [0.1, 0.15) is 38.4 Å². The second-order valence-corrected chi connectivity index (χ2v) is 5.13. The van der Waals surface area contributed by atoms with Crippen molar-refractivity contribution in [3.05, 3.63) is 11.9 Å². The summed E-state index contributed by atoms with van der Waals surface area (Å²) < 4.78 is 0. The number of primary amides is 1. The molecular formula is C13H21N5O. The maximum Gasteiger partial charge on any atom is 0.240 e. The molecule has 0 bridgehead atoms. The number of carbonyl (C=O) groups is 1. The maximum atomic E-state index is 11.5. The van der Waals surface area contributed by atoms with Crippen molar-refractivity contribution >= 4 is 17.5 Å². The Morgan fingerprint density at radius 3 is 2.84 bits per heavy atom. The SMILES string of the molecule is CNc1cc(N2CCCC2C(N)=O)nc(C(C)C)n1. The molecule has 104 valence electrons. The Morgan fingerprint density at radius 2 is 2.26 bits per heavy atom. The fourth-order valence-electron chi connectivity index (χ4n) is 2.32. The zero-order chi connectivity index (χ0) is 14.0. The van der Waals surface area contributed by atoms with Gasteiger partial charge in [0.05, 0.1) is 0 Å². The van der Waals surface area contributed by atoms with E-state index in [-0.39, 0.29) is 17.9 Å². The number of anilines is 2. The van der Waals surface area contributed by atoms with Crippen molar-refractivity contribution in [2.45, 2.75) is 38.6 Å². The molecule has 1 amide bonds. The highest BCUT2D eigenvalue weighted by molar-refractivity contribution is 5.84. The van der Waals surface area contributed by atoms with E-state index in [1.807, 2.05) is 31.9 Å². The van der Waals surface area contributed by atoms with E-state index in [1.54, 1.807) is 0 Å². The third-order valence-electron chi connectivity index (χ3n) is 3.38. The highest BCUT2D eigenvalue weighted by Crippen LogP contribution is 2.26. The van der Waals surface area contributed by atoms with E-state index in [9.17, 15) is 4.79 Å². The van der Waals surface area contributed by atoms with Gasteiger partial charge in [-0.3, -0.25) is 4.79 Å². The number of nitrogens with two attached hydrogens (primary N) is 1. The van der Waals surface area contributed by atoms with Crippen LogP contribution in [0.2, 0.25) is 0 Å². The molecule has 0 aromatic carbocycles. The van der Waals surface area contributed by atoms with Gasteiger partial charge >= 0.3 is 0 Å². The molecule has 1 fully saturated rings. The van der Waals surface area contributed by atoms with Gasteiger partial charge in [0.2, 0.25) is 5.91 Å². The molecule has 1 saturated heterocycles. The van der Waals surface area contributed by atoms with E-state index in [2.05, 4.69) is 15.3 Å². The summed E-state index contributed by atoms with van der Waals surface area (Å²) in [6, 6.07) is 1.62. The van der Waals surface area contributed by atoms with Gasteiger partial charge in [-0.2, -0.15) is 0 Å². The molecule has 1 aliphatic heterocycles. The van der Waals surface area contributed by atoms with Crippen LogP contribution < -0.4 is 16.0 Å². The quantitative estimate of drug-likeness (QED) is 0.849. The average molecular weight is 263 g/mol. The van der Waals surface area contributed by atoms with Gasteiger partial charge in [0.1, 0.15) is 23.5 Å². The molecule has 1 aromatic heterocycles. The number of nitrogens with one attached hydrogen (secondary N) is 1. The zero-order valence-corrected chi connectivity index (χ0v) is 11.7. The third-order valence-corrected chi connectivity index (χ3v) is 3.38. The fourth-order valence-corrected chi connectivity index (χ4v) is 2.32. The molecule has 1 unspecified atom stereocenters. The van der Waals surface area contributed by atoms with Crippen LogP contribution >= 0.6 is 0 Å². The molecule has 6 nitrogen and oxygen atoms in total. The summed E-state index contributed by atoms with van der Waals surface area (Å²) in [5, 5.41) is 3.04. The van der Waals surface area contributed by atoms with Gasteiger partial charge in [0.15, 0.2) is 0 Å². The highest BCUT2D eigenvalue weighted by atomic mass is 16.1. The normalized spacial score (nSPS) is 18.9. The first-order valence-electron chi connectivity index (χ1n) is 6.65. The van der Waals surface area contributed by atoms with Gasteiger partial charge in [0, 0.05) is 25.6 Å². The molecular weight excluding hydrogens is 242 g/mol. The van der Waals surface area contributed by atoms with Gasteiger partial charge in [0.25, 0.3) is 0 Å². The van der Waals surface area contributed by atoms with Crippen LogP contribution in [0.4, 0.5) is 11.6 Å². The molecule has 19 heavy (non-hydrogen) atoms. The summed E-state index contributed by atoms with van der Waals surface area (Å²) >= 11 is 0. The Balaban J connectivity index is 2.38. The average Bonchev–Trinajstić information content (AvgIpc) is 2.87. The van der Waals surface area contributed by atoms with Gasteiger partial charge in [-0.15, -0.1) is 0 Å². The molecule has 2 heterocycles. The molecule has 0 radical (unpaired) electrons. The summed E-state index contributed by atoms with van der Waals surface area (Å²) in [6.07, 6.45) is 1.76. The molecule has 0 saturated carbocycles. The first kappa shape index (κ1) is 13.6. The molecule has 2 rings (SSSR count). The Hall–Kier alpha value is -1.85. The lowest BCUT2D eigenvalue weighted by molar-refractivity contribution is -0.119. The van der Waals surface area contributed by atoms with E-state index in [0.717, 1.165) is 36.8 Å². The smallest absolute Gasteiger partial charge is 0.240 e. The van der Waals surface area contributed by atoms with E-state index < -0.39 is 0 Å². The molecule has 1 aromatic rings. The summed E-state index contributed by atoms with van der Waals surface area (Å²) in [7, 11) is 1.83. The van der Waals surface area contributed by atoms with Gasteiger partial charge < -0.3 is 16.0 Å². The second-order valence-electron chi connectivity index (χ2n) is 5.13. The van der Waals surface area contributed by atoms with E-state index in [0.29, 0.717) is 0 Å². The van der Waals surface area contributed by atoms with Crippen molar-refractivity contribution in [1.82, 2.24) is 9.97 Å². The number of aromatic nitrogens is 2. The predicted molar refractivity (Wildman–Crippen MR) is 75.2 cm³/mol. The van der Waals surface area contributed by atoms with Gasteiger partial charge in [-0.05, 0) is 12.8 Å². The minimum Gasteiger partial charge on any atom is -0.373 e. The monoisotopic (exact) mass is 263 g/mol. The summed E-state index contributed by atoms with van der Waals surface area (Å²) in [4.78, 5) is 22.5. The standard InChI is InChI=1S/C13H21N5O/c1-8(2)13-16-10(15-3)7-11(17-13)18-6-4-5-9(18)12(14)19/h7-9H,4-6H2,1-3H3,(H2,14,19)(H,15,16,17). The van der Waals surface area contributed by atoms with E-state index in [1.165, 1.54) is 0 Å². The van der Waals surface area contributed by atoms with Crippen LogP contribution in [0.5, 0.6) is 0 Å². The number of hydrogen-bond acceptors (Lipinski definition) is 5. The van der Waals surface area contributed by atoms with Crippen molar-refractivity contribution in [3.63, 3.8) is 0 Å². The summed E-state index contributed by atoms with van der Waals surface area (Å²) in [5.74, 6) is 2.28. The van der Waals surface area contributed by atoms with Crippen molar-refractivity contribution in [1.29, 1.82) is 0 Å². The third kappa shape index (κ3) is 2.77. The number of hydrogen-bond donors (Lipinski definition) is 2.